The number of Topliss-reactive ketones (excluding diaryl/α,β-unsaturated/α-hetero) is 1. The van der Waals surface area contributed by atoms with Gasteiger partial charge in [-0.05, 0) is 61.1 Å². The van der Waals surface area contributed by atoms with E-state index in [1.807, 2.05) is 91.0 Å². The van der Waals surface area contributed by atoms with Crippen LogP contribution in [0.25, 0.3) is 0 Å². The van der Waals surface area contributed by atoms with Gasteiger partial charge in [0.25, 0.3) is 0 Å². The summed E-state index contributed by atoms with van der Waals surface area (Å²) in [6.07, 6.45) is 6.40. The van der Waals surface area contributed by atoms with Gasteiger partial charge in [0.15, 0.2) is 5.78 Å². The Morgan fingerprint density at radius 3 is 1.87 bits per heavy atom. The number of allylic oxidation sites excluding steroid dienone is 2. The van der Waals surface area contributed by atoms with E-state index in [-0.39, 0.29) is 11.8 Å². The molecule has 0 spiro atoms. The number of hydrogen-bond acceptors (Lipinski definition) is 2. The molecule has 3 nitrogen and oxygen atoms in total. The van der Waals surface area contributed by atoms with Gasteiger partial charge in [-0.15, -0.1) is 0 Å². The first-order chi connectivity index (χ1) is 15.2. The Bertz CT molecular complexity index is 1030. The summed E-state index contributed by atoms with van der Waals surface area (Å²) in [5.41, 5.74) is 1.89. The lowest BCUT2D eigenvalue weighted by molar-refractivity contribution is -0.116. The molecular weight excluding hydrogens is 401 g/mol. The first-order valence-corrected chi connectivity index (χ1v) is 12.6. The van der Waals surface area contributed by atoms with Crippen LogP contribution < -0.4 is 15.7 Å². The molecule has 31 heavy (non-hydrogen) atoms. The van der Waals surface area contributed by atoms with E-state index in [0.29, 0.717) is 6.42 Å². The van der Waals surface area contributed by atoms with Crippen molar-refractivity contribution in [3.05, 3.63) is 108 Å². The fraction of sp³-hybridized carbons (Fsp3) is 0.222. The van der Waals surface area contributed by atoms with Crippen LogP contribution in [-0.2, 0) is 9.36 Å². The van der Waals surface area contributed by atoms with E-state index in [9.17, 15) is 9.36 Å². The van der Waals surface area contributed by atoms with E-state index in [4.69, 9.17) is 0 Å². The lowest BCUT2D eigenvalue weighted by Gasteiger charge is -2.27. The molecule has 1 N–H and O–H groups in total. The van der Waals surface area contributed by atoms with Gasteiger partial charge in [-0.3, -0.25) is 14.4 Å². The van der Waals surface area contributed by atoms with Crippen molar-refractivity contribution < 1.29 is 9.36 Å². The van der Waals surface area contributed by atoms with Crippen LogP contribution in [0.3, 0.4) is 0 Å². The average Bonchev–Trinajstić information content (AvgIpc) is 2.85. The molecule has 158 valence electrons. The van der Waals surface area contributed by atoms with Crippen LogP contribution in [0.5, 0.6) is 0 Å². The quantitative estimate of drug-likeness (QED) is 0.467. The Kier molecular flexibility index (Phi) is 6.96. The van der Waals surface area contributed by atoms with Crippen molar-refractivity contribution in [1.29, 1.82) is 0 Å². The van der Waals surface area contributed by atoms with Crippen molar-refractivity contribution >= 4 is 23.7 Å². The zero-order valence-corrected chi connectivity index (χ0v) is 18.5. The molecular formula is C27H28NO2P. The molecule has 0 heterocycles. The number of rotatable bonds is 8. The van der Waals surface area contributed by atoms with Crippen molar-refractivity contribution in [2.75, 3.05) is 0 Å². The van der Waals surface area contributed by atoms with E-state index >= 15 is 0 Å². The molecule has 0 fully saturated rings. The first-order valence-electron chi connectivity index (χ1n) is 10.9. The van der Waals surface area contributed by atoms with E-state index in [1.165, 1.54) is 0 Å². The van der Waals surface area contributed by atoms with Crippen LogP contribution in [0.15, 0.2) is 103 Å². The Hall–Kier alpha value is -2.74. The van der Waals surface area contributed by atoms with Crippen LogP contribution in [0.4, 0.5) is 0 Å². The molecule has 0 saturated carbocycles. The standard InChI is InChI=1S/C27H28NO2P/c29-27(23-15-7-2-8-16-23)21-26(22-13-5-1-6-14-22)28-31(30,24-17-9-3-10-18-24)25-19-11-4-12-20-25/h1,3-6,9-15,17-20,26H,2,7-8,16,21H2,(H,28,30). The largest absolute Gasteiger partial charge is 0.297 e. The van der Waals surface area contributed by atoms with E-state index in [1.54, 1.807) is 0 Å². The van der Waals surface area contributed by atoms with Gasteiger partial charge >= 0.3 is 0 Å². The summed E-state index contributed by atoms with van der Waals surface area (Å²) in [6, 6.07) is 28.6. The third-order valence-corrected chi connectivity index (χ3v) is 8.54. The summed E-state index contributed by atoms with van der Waals surface area (Å²) < 4.78 is 14.5. The van der Waals surface area contributed by atoms with Gasteiger partial charge in [-0.25, -0.2) is 0 Å². The summed E-state index contributed by atoms with van der Waals surface area (Å²) >= 11 is 0. The molecule has 0 radical (unpaired) electrons. The second-order valence-electron chi connectivity index (χ2n) is 7.98. The number of nitrogens with one attached hydrogen (secondary N) is 1. The summed E-state index contributed by atoms with van der Waals surface area (Å²) in [7, 11) is -3.16. The maximum Gasteiger partial charge on any atom is 0.205 e. The van der Waals surface area contributed by atoms with Crippen LogP contribution in [-0.4, -0.2) is 5.78 Å². The van der Waals surface area contributed by atoms with Crippen LogP contribution in [0.2, 0.25) is 0 Å². The predicted octanol–water partition coefficient (Wildman–Crippen LogP) is 5.71. The molecule has 0 bridgehead atoms. The fourth-order valence-corrected chi connectivity index (χ4v) is 6.58. The zero-order chi connectivity index (χ0) is 21.5. The topological polar surface area (TPSA) is 46.2 Å². The SMILES string of the molecule is O=C(CC(NP(=O)(c1ccccc1)c1ccccc1)c1ccccc1)C1=CCCCC1. The van der Waals surface area contributed by atoms with Crippen molar-refractivity contribution in [3.63, 3.8) is 0 Å². The molecule has 4 rings (SSSR count). The average molecular weight is 430 g/mol. The van der Waals surface area contributed by atoms with Gasteiger partial charge < -0.3 is 0 Å². The monoisotopic (exact) mass is 429 g/mol. The predicted molar refractivity (Wildman–Crippen MR) is 128 cm³/mol. The third kappa shape index (κ3) is 5.12. The van der Waals surface area contributed by atoms with Gasteiger partial charge in [0.1, 0.15) is 0 Å². The summed E-state index contributed by atoms with van der Waals surface area (Å²) in [6.45, 7) is 0. The molecule has 1 atom stereocenters. The van der Waals surface area contributed by atoms with Gasteiger partial charge in [-0.2, -0.15) is 0 Å². The van der Waals surface area contributed by atoms with Crippen molar-refractivity contribution in [2.45, 2.75) is 38.1 Å². The highest BCUT2D eigenvalue weighted by atomic mass is 31.2. The normalized spacial score (nSPS) is 15.2. The van der Waals surface area contributed by atoms with Gasteiger partial charge in [0, 0.05) is 23.1 Å². The van der Waals surface area contributed by atoms with Gasteiger partial charge in [0.05, 0.1) is 0 Å². The lowest BCUT2D eigenvalue weighted by Crippen LogP contribution is -2.32. The molecule has 1 unspecified atom stereocenters. The number of benzene rings is 3. The zero-order valence-electron chi connectivity index (χ0n) is 17.6. The molecule has 1 aliphatic carbocycles. The van der Waals surface area contributed by atoms with Gasteiger partial charge in [0.2, 0.25) is 7.29 Å². The van der Waals surface area contributed by atoms with Crippen LogP contribution >= 0.6 is 7.29 Å². The third-order valence-electron chi connectivity index (χ3n) is 5.82. The van der Waals surface area contributed by atoms with E-state index in [2.05, 4.69) is 11.2 Å². The molecule has 4 heteroatoms. The first kappa shape index (κ1) is 21.5. The fourth-order valence-electron chi connectivity index (χ4n) is 4.12. The van der Waals surface area contributed by atoms with Gasteiger partial charge in [-0.1, -0.05) is 72.8 Å². The molecule has 1 aliphatic rings. The van der Waals surface area contributed by atoms with Crippen LogP contribution in [0, 0.1) is 0 Å². The second-order valence-corrected chi connectivity index (χ2v) is 10.5. The van der Waals surface area contributed by atoms with Crippen molar-refractivity contribution in [1.82, 2.24) is 5.09 Å². The van der Waals surface area contributed by atoms with Crippen LogP contribution in [0.1, 0.15) is 43.7 Å². The number of carbonyl (C=O) groups is 1. The summed E-state index contributed by atoms with van der Waals surface area (Å²) in [5.74, 6) is 0.147. The minimum atomic E-state index is -3.16. The molecule has 3 aromatic rings. The highest BCUT2D eigenvalue weighted by Crippen LogP contribution is 2.42. The molecule has 0 aromatic heterocycles. The number of ketones is 1. The number of hydrogen-bond donors (Lipinski definition) is 1. The molecule has 0 aliphatic heterocycles. The maximum absolute atomic E-state index is 14.5. The second kappa shape index (κ2) is 10.0. The summed E-state index contributed by atoms with van der Waals surface area (Å²) in [5, 5.41) is 4.94. The Labute approximate surface area is 184 Å². The van der Waals surface area contributed by atoms with E-state index < -0.39 is 7.29 Å². The minimum absolute atomic E-state index is 0.147. The van der Waals surface area contributed by atoms with Crippen molar-refractivity contribution in [3.8, 4) is 0 Å². The highest BCUT2D eigenvalue weighted by Gasteiger charge is 2.32. The molecule has 0 amide bonds. The summed E-state index contributed by atoms with van der Waals surface area (Å²) in [4.78, 5) is 13.1. The smallest absolute Gasteiger partial charge is 0.205 e. The minimum Gasteiger partial charge on any atom is -0.297 e. The van der Waals surface area contributed by atoms with E-state index in [0.717, 1.165) is 47.4 Å². The molecule has 0 saturated heterocycles. The van der Waals surface area contributed by atoms with Crippen molar-refractivity contribution in [2.24, 2.45) is 0 Å². The lowest BCUT2D eigenvalue weighted by atomic mass is 9.92. The Morgan fingerprint density at radius 1 is 0.806 bits per heavy atom. The highest BCUT2D eigenvalue weighted by molar-refractivity contribution is 7.76. The maximum atomic E-state index is 14.5. The molecule has 3 aromatic carbocycles. The Balaban J connectivity index is 1.72. The number of carbonyl (C=O) groups excluding carboxylic acids is 1. The Morgan fingerprint density at radius 2 is 1.35 bits per heavy atom.